The maximum atomic E-state index is 6.07. The van der Waals surface area contributed by atoms with Crippen LogP contribution in [0.4, 0.5) is 0 Å². The van der Waals surface area contributed by atoms with Crippen LogP contribution in [-0.2, 0) is 0 Å². The van der Waals surface area contributed by atoms with Gasteiger partial charge in [0, 0.05) is 14.5 Å². The van der Waals surface area contributed by atoms with Crippen LogP contribution >= 0.6 is 55.1 Å². The molecule has 0 spiro atoms. The maximum absolute atomic E-state index is 6.07. The van der Waals surface area contributed by atoms with E-state index in [9.17, 15) is 0 Å². The Kier molecular flexibility index (Phi) is 4.99. The summed E-state index contributed by atoms with van der Waals surface area (Å²) in [5, 5.41) is 1.30. The molecule has 0 aliphatic rings. The van der Waals surface area contributed by atoms with Crippen LogP contribution < -0.4 is 0 Å². The van der Waals surface area contributed by atoms with Gasteiger partial charge in [0.15, 0.2) is 0 Å². The smallest absolute Gasteiger partial charge is 0.0648 e. The molecule has 0 fully saturated rings. The first-order valence-corrected chi connectivity index (χ1v) is 8.21. The summed E-state index contributed by atoms with van der Waals surface area (Å²) in [6.07, 6.45) is 0. The van der Waals surface area contributed by atoms with E-state index in [0.29, 0.717) is 10.0 Å². The Hall–Kier alpha value is -0.0200. The third-order valence-electron chi connectivity index (χ3n) is 3.00. The number of halogens is 4. The lowest BCUT2D eigenvalue weighted by atomic mass is 9.98. The molecule has 1 unspecified atom stereocenters. The van der Waals surface area contributed by atoms with Gasteiger partial charge in [-0.2, -0.15) is 0 Å². The van der Waals surface area contributed by atoms with Crippen molar-refractivity contribution in [3.8, 4) is 0 Å². The Morgan fingerprint density at radius 2 is 1.47 bits per heavy atom. The molecule has 1 atom stereocenters. The standard InChI is InChI=1S/C15H12Br2Cl2/c1-8-4-14(16)9(2)3-13(8)15(17)10-5-11(18)7-12(19)6-10/h3-7,15H,1-2H3. The SMILES string of the molecule is Cc1cc(C(Br)c2cc(Cl)cc(Cl)c2)c(C)cc1Br. The molecule has 0 bridgehead atoms. The molecule has 0 saturated heterocycles. The molecule has 0 aliphatic heterocycles. The van der Waals surface area contributed by atoms with E-state index in [1.54, 1.807) is 6.07 Å². The van der Waals surface area contributed by atoms with Crippen LogP contribution in [0.25, 0.3) is 0 Å². The number of aryl methyl sites for hydroxylation is 2. The van der Waals surface area contributed by atoms with Crippen molar-refractivity contribution in [1.29, 1.82) is 0 Å². The normalized spacial score (nSPS) is 12.5. The van der Waals surface area contributed by atoms with Crippen molar-refractivity contribution in [3.63, 3.8) is 0 Å². The molecule has 0 saturated carbocycles. The third kappa shape index (κ3) is 3.55. The van der Waals surface area contributed by atoms with Crippen LogP contribution in [-0.4, -0.2) is 0 Å². The number of benzene rings is 2. The largest absolute Gasteiger partial charge is 0.0843 e. The van der Waals surface area contributed by atoms with Crippen molar-refractivity contribution in [3.05, 3.63) is 67.1 Å². The Bertz CT molecular complexity index is 604. The van der Waals surface area contributed by atoms with Crippen molar-refractivity contribution in [1.82, 2.24) is 0 Å². The Morgan fingerprint density at radius 3 is 2.05 bits per heavy atom. The molecule has 0 radical (unpaired) electrons. The van der Waals surface area contributed by atoms with E-state index < -0.39 is 0 Å². The van der Waals surface area contributed by atoms with Gasteiger partial charge in [0.25, 0.3) is 0 Å². The molecule has 0 amide bonds. The highest BCUT2D eigenvalue weighted by molar-refractivity contribution is 9.10. The third-order valence-corrected chi connectivity index (χ3v) is 5.31. The number of hydrogen-bond acceptors (Lipinski definition) is 0. The predicted molar refractivity (Wildman–Crippen MR) is 90.8 cm³/mol. The average Bonchev–Trinajstić information content (AvgIpc) is 2.31. The fourth-order valence-corrected chi connectivity index (χ4v) is 3.74. The molecule has 100 valence electrons. The Labute approximate surface area is 140 Å². The molecule has 0 aliphatic carbocycles. The molecule has 0 heterocycles. The van der Waals surface area contributed by atoms with Gasteiger partial charge in [-0.05, 0) is 60.4 Å². The summed E-state index contributed by atoms with van der Waals surface area (Å²) in [5.74, 6) is 0. The molecular weight excluding hydrogens is 411 g/mol. The van der Waals surface area contributed by atoms with Crippen molar-refractivity contribution >= 4 is 55.1 Å². The number of rotatable bonds is 2. The average molecular weight is 423 g/mol. The van der Waals surface area contributed by atoms with Gasteiger partial charge in [-0.1, -0.05) is 61.1 Å². The highest BCUT2D eigenvalue weighted by atomic mass is 79.9. The highest BCUT2D eigenvalue weighted by Gasteiger charge is 2.15. The molecule has 0 N–H and O–H groups in total. The lowest BCUT2D eigenvalue weighted by molar-refractivity contribution is 1.13. The lowest BCUT2D eigenvalue weighted by Crippen LogP contribution is -1.97. The first kappa shape index (κ1) is 15.4. The van der Waals surface area contributed by atoms with E-state index in [-0.39, 0.29) is 4.83 Å². The Morgan fingerprint density at radius 1 is 0.895 bits per heavy atom. The predicted octanol–water partition coefficient (Wildman–Crippen LogP) is 6.86. The van der Waals surface area contributed by atoms with Crippen LogP contribution in [0.5, 0.6) is 0 Å². The van der Waals surface area contributed by atoms with Crippen LogP contribution in [0.1, 0.15) is 27.1 Å². The van der Waals surface area contributed by atoms with Gasteiger partial charge < -0.3 is 0 Å². The van der Waals surface area contributed by atoms with E-state index in [4.69, 9.17) is 23.2 Å². The summed E-state index contributed by atoms with van der Waals surface area (Å²) >= 11 is 19.4. The van der Waals surface area contributed by atoms with Crippen molar-refractivity contribution < 1.29 is 0 Å². The van der Waals surface area contributed by atoms with Gasteiger partial charge in [-0.25, -0.2) is 0 Å². The molecule has 0 aromatic heterocycles. The quantitative estimate of drug-likeness (QED) is 0.464. The van der Waals surface area contributed by atoms with Gasteiger partial charge in [0.05, 0.1) is 4.83 Å². The molecule has 2 aromatic carbocycles. The van der Waals surface area contributed by atoms with E-state index in [0.717, 1.165) is 10.0 Å². The molecule has 4 heteroatoms. The fourth-order valence-electron chi connectivity index (χ4n) is 1.98. The Balaban J connectivity index is 2.49. The zero-order valence-electron chi connectivity index (χ0n) is 10.5. The fraction of sp³-hybridized carbons (Fsp3) is 0.200. The van der Waals surface area contributed by atoms with Gasteiger partial charge in [-0.15, -0.1) is 0 Å². The van der Waals surface area contributed by atoms with Crippen molar-refractivity contribution in [2.45, 2.75) is 18.7 Å². The van der Waals surface area contributed by atoms with Crippen LogP contribution in [0.2, 0.25) is 10.0 Å². The summed E-state index contributed by atoms with van der Waals surface area (Å²) in [5.41, 5.74) is 4.70. The highest BCUT2D eigenvalue weighted by Crippen LogP contribution is 2.37. The molecular formula is C15H12Br2Cl2. The van der Waals surface area contributed by atoms with Crippen LogP contribution in [0, 0.1) is 13.8 Å². The second kappa shape index (κ2) is 6.17. The molecule has 0 nitrogen and oxygen atoms in total. The number of hydrogen-bond donors (Lipinski definition) is 0. The molecule has 2 aromatic rings. The second-order valence-electron chi connectivity index (χ2n) is 4.52. The summed E-state index contributed by atoms with van der Waals surface area (Å²) < 4.78 is 1.12. The number of alkyl halides is 1. The first-order chi connectivity index (χ1) is 8.88. The van der Waals surface area contributed by atoms with Crippen molar-refractivity contribution in [2.75, 3.05) is 0 Å². The molecule has 19 heavy (non-hydrogen) atoms. The van der Waals surface area contributed by atoms with Gasteiger partial charge >= 0.3 is 0 Å². The zero-order chi connectivity index (χ0) is 14.2. The second-order valence-corrected chi connectivity index (χ2v) is 7.17. The van der Waals surface area contributed by atoms with E-state index in [1.165, 1.54) is 16.7 Å². The maximum Gasteiger partial charge on any atom is 0.0648 e. The van der Waals surface area contributed by atoms with E-state index in [2.05, 4.69) is 57.8 Å². The van der Waals surface area contributed by atoms with Gasteiger partial charge in [0.1, 0.15) is 0 Å². The summed E-state index contributed by atoms with van der Waals surface area (Å²) in [6, 6.07) is 9.91. The van der Waals surface area contributed by atoms with Crippen LogP contribution in [0.15, 0.2) is 34.8 Å². The minimum atomic E-state index is 0.0792. The molecule has 2 rings (SSSR count). The summed E-state index contributed by atoms with van der Waals surface area (Å²) in [6.45, 7) is 4.18. The van der Waals surface area contributed by atoms with E-state index in [1.807, 2.05) is 12.1 Å². The van der Waals surface area contributed by atoms with Crippen molar-refractivity contribution in [2.24, 2.45) is 0 Å². The zero-order valence-corrected chi connectivity index (χ0v) is 15.2. The first-order valence-electron chi connectivity index (χ1n) is 5.75. The topological polar surface area (TPSA) is 0 Å². The minimum absolute atomic E-state index is 0.0792. The van der Waals surface area contributed by atoms with Crippen LogP contribution in [0.3, 0.4) is 0 Å². The van der Waals surface area contributed by atoms with Gasteiger partial charge in [-0.3, -0.25) is 0 Å². The summed E-state index contributed by atoms with van der Waals surface area (Å²) in [7, 11) is 0. The van der Waals surface area contributed by atoms with E-state index >= 15 is 0 Å². The monoisotopic (exact) mass is 420 g/mol. The summed E-state index contributed by atoms with van der Waals surface area (Å²) in [4.78, 5) is 0.0792. The minimum Gasteiger partial charge on any atom is -0.0843 e. The van der Waals surface area contributed by atoms with Gasteiger partial charge in [0.2, 0.25) is 0 Å². The lowest BCUT2D eigenvalue weighted by Gasteiger charge is -2.16.